The lowest BCUT2D eigenvalue weighted by Crippen LogP contribution is -2.11. The van der Waals surface area contributed by atoms with E-state index in [0.29, 0.717) is 5.92 Å². The number of benzene rings is 2. The van der Waals surface area contributed by atoms with Crippen LogP contribution in [0.1, 0.15) is 49.3 Å². The van der Waals surface area contributed by atoms with Crippen LogP contribution in [-0.4, -0.2) is 20.7 Å². The summed E-state index contributed by atoms with van der Waals surface area (Å²) in [4.78, 5) is 4.81. The minimum absolute atomic E-state index is 0.172. The second-order valence-corrected chi connectivity index (χ2v) is 8.05. The first-order valence-corrected chi connectivity index (χ1v) is 10.4. The van der Waals surface area contributed by atoms with Gasteiger partial charge in [0.15, 0.2) is 5.65 Å². The molecule has 5 rings (SSSR count). The summed E-state index contributed by atoms with van der Waals surface area (Å²) in [5.74, 6) is 1.26. The van der Waals surface area contributed by atoms with Gasteiger partial charge in [0.1, 0.15) is 5.75 Å². The Morgan fingerprint density at radius 2 is 1.79 bits per heavy atom. The molecule has 4 heteroatoms. The van der Waals surface area contributed by atoms with Crippen LogP contribution >= 0.6 is 0 Å². The quantitative estimate of drug-likeness (QED) is 0.457. The molecule has 2 aromatic heterocycles. The summed E-state index contributed by atoms with van der Waals surface area (Å²) in [6.07, 6.45) is 9.72. The highest BCUT2D eigenvalue weighted by Crippen LogP contribution is 2.38. The standard InChI is InChI=1S/C25H25N3O/c1-17(2)29-21-12-10-18(11-13-21)20-14-26-25-24(15-27-28(25)16-20)23-9-5-7-19-6-3-4-8-22(19)23/h3-4,6,8,10-17,23H,5,7,9H2,1-2H3. The molecule has 0 saturated heterocycles. The van der Waals surface area contributed by atoms with Crippen molar-refractivity contribution in [1.82, 2.24) is 14.6 Å². The molecule has 4 nitrogen and oxygen atoms in total. The van der Waals surface area contributed by atoms with E-state index in [-0.39, 0.29) is 6.10 Å². The molecule has 1 unspecified atom stereocenters. The zero-order valence-corrected chi connectivity index (χ0v) is 16.9. The molecule has 0 saturated carbocycles. The summed E-state index contributed by atoms with van der Waals surface area (Å²) in [5.41, 5.74) is 7.23. The summed E-state index contributed by atoms with van der Waals surface area (Å²) < 4.78 is 7.66. The number of aromatic nitrogens is 3. The van der Waals surface area contributed by atoms with Crippen molar-refractivity contribution in [3.63, 3.8) is 0 Å². The second-order valence-electron chi connectivity index (χ2n) is 8.05. The van der Waals surface area contributed by atoms with E-state index in [2.05, 4.69) is 47.7 Å². The fraction of sp³-hybridized carbons (Fsp3) is 0.280. The van der Waals surface area contributed by atoms with E-state index >= 15 is 0 Å². The van der Waals surface area contributed by atoms with E-state index in [1.807, 2.05) is 42.9 Å². The molecular weight excluding hydrogens is 358 g/mol. The first-order chi connectivity index (χ1) is 14.2. The highest BCUT2D eigenvalue weighted by Gasteiger charge is 2.24. The van der Waals surface area contributed by atoms with E-state index in [9.17, 15) is 0 Å². The maximum absolute atomic E-state index is 5.74. The maximum Gasteiger partial charge on any atom is 0.158 e. The first-order valence-electron chi connectivity index (χ1n) is 10.4. The van der Waals surface area contributed by atoms with Crippen molar-refractivity contribution in [2.75, 3.05) is 0 Å². The van der Waals surface area contributed by atoms with Crippen LogP contribution in [0, 0.1) is 0 Å². The topological polar surface area (TPSA) is 39.4 Å². The monoisotopic (exact) mass is 383 g/mol. The van der Waals surface area contributed by atoms with E-state index in [4.69, 9.17) is 9.72 Å². The predicted octanol–water partition coefficient (Wildman–Crippen LogP) is 5.65. The number of nitrogens with zero attached hydrogens (tertiary/aromatic N) is 3. The van der Waals surface area contributed by atoms with Gasteiger partial charge in [-0.05, 0) is 61.9 Å². The number of ether oxygens (including phenoxy) is 1. The van der Waals surface area contributed by atoms with Crippen molar-refractivity contribution in [3.05, 3.63) is 83.8 Å². The van der Waals surface area contributed by atoms with Gasteiger partial charge in [0.2, 0.25) is 0 Å². The van der Waals surface area contributed by atoms with Crippen molar-refractivity contribution in [2.45, 2.75) is 45.1 Å². The average Bonchev–Trinajstić information content (AvgIpc) is 3.16. The number of aryl methyl sites for hydroxylation is 1. The van der Waals surface area contributed by atoms with E-state index in [0.717, 1.165) is 28.9 Å². The Balaban J connectivity index is 1.48. The number of fused-ring (bicyclic) bond motifs is 2. The Hall–Kier alpha value is -3.14. The fourth-order valence-electron chi connectivity index (χ4n) is 4.36. The molecule has 1 aliphatic rings. The fourth-order valence-corrected chi connectivity index (χ4v) is 4.36. The SMILES string of the molecule is CC(C)Oc1ccc(-c2cnc3c(C4CCCc5ccccc54)cnn3c2)cc1. The van der Waals surface area contributed by atoms with Crippen LogP contribution in [0.2, 0.25) is 0 Å². The van der Waals surface area contributed by atoms with Crippen LogP contribution in [0.3, 0.4) is 0 Å². The minimum atomic E-state index is 0.172. The first kappa shape index (κ1) is 17.9. The van der Waals surface area contributed by atoms with Crippen molar-refractivity contribution >= 4 is 5.65 Å². The van der Waals surface area contributed by atoms with Gasteiger partial charge < -0.3 is 4.74 Å². The lowest BCUT2D eigenvalue weighted by atomic mass is 9.80. The van der Waals surface area contributed by atoms with E-state index in [1.165, 1.54) is 29.5 Å². The van der Waals surface area contributed by atoms with Crippen LogP contribution in [0.5, 0.6) is 5.75 Å². The van der Waals surface area contributed by atoms with Crippen LogP contribution in [-0.2, 0) is 6.42 Å². The molecule has 2 aromatic carbocycles. The Bertz CT molecular complexity index is 1140. The highest BCUT2D eigenvalue weighted by molar-refractivity contribution is 5.65. The van der Waals surface area contributed by atoms with Gasteiger partial charge in [0.25, 0.3) is 0 Å². The molecule has 2 heterocycles. The third-order valence-corrected chi connectivity index (χ3v) is 5.69. The summed E-state index contributed by atoms with van der Waals surface area (Å²) >= 11 is 0. The molecule has 0 fully saturated rings. The molecule has 0 aliphatic heterocycles. The largest absolute Gasteiger partial charge is 0.491 e. The molecule has 4 aromatic rings. The van der Waals surface area contributed by atoms with Crippen molar-refractivity contribution in [3.8, 4) is 16.9 Å². The van der Waals surface area contributed by atoms with Gasteiger partial charge in [-0.15, -0.1) is 0 Å². The summed E-state index contributed by atoms with van der Waals surface area (Å²) in [6, 6.07) is 17.0. The number of hydrogen-bond donors (Lipinski definition) is 0. The Morgan fingerprint density at radius 3 is 2.62 bits per heavy atom. The van der Waals surface area contributed by atoms with Gasteiger partial charge in [-0.2, -0.15) is 5.10 Å². The lowest BCUT2D eigenvalue weighted by molar-refractivity contribution is 0.242. The summed E-state index contributed by atoms with van der Waals surface area (Å²) in [5, 5.41) is 4.64. The van der Waals surface area contributed by atoms with Crippen molar-refractivity contribution in [1.29, 1.82) is 0 Å². The van der Waals surface area contributed by atoms with Gasteiger partial charge >= 0.3 is 0 Å². The van der Waals surface area contributed by atoms with Gasteiger partial charge in [-0.3, -0.25) is 0 Å². The predicted molar refractivity (Wildman–Crippen MR) is 115 cm³/mol. The van der Waals surface area contributed by atoms with Gasteiger partial charge in [-0.25, -0.2) is 9.50 Å². The molecule has 0 amide bonds. The zero-order chi connectivity index (χ0) is 19.8. The van der Waals surface area contributed by atoms with Crippen molar-refractivity contribution < 1.29 is 4.74 Å². The van der Waals surface area contributed by atoms with Crippen LogP contribution in [0.15, 0.2) is 67.1 Å². The van der Waals surface area contributed by atoms with Gasteiger partial charge in [0.05, 0.1) is 12.3 Å². The molecule has 0 spiro atoms. The number of rotatable bonds is 4. The molecule has 0 N–H and O–H groups in total. The third-order valence-electron chi connectivity index (χ3n) is 5.69. The molecule has 1 aliphatic carbocycles. The van der Waals surface area contributed by atoms with Gasteiger partial charge in [0, 0.05) is 29.4 Å². The molecular formula is C25H25N3O. The number of hydrogen-bond acceptors (Lipinski definition) is 3. The Morgan fingerprint density at radius 1 is 0.966 bits per heavy atom. The lowest BCUT2D eigenvalue weighted by Gasteiger charge is -2.24. The third kappa shape index (κ3) is 3.39. The Labute approximate surface area is 171 Å². The van der Waals surface area contributed by atoms with E-state index in [1.54, 1.807) is 0 Å². The van der Waals surface area contributed by atoms with Crippen molar-refractivity contribution in [2.24, 2.45) is 0 Å². The summed E-state index contributed by atoms with van der Waals surface area (Å²) in [6.45, 7) is 4.07. The minimum Gasteiger partial charge on any atom is -0.491 e. The smallest absolute Gasteiger partial charge is 0.158 e. The molecule has 29 heavy (non-hydrogen) atoms. The highest BCUT2D eigenvalue weighted by atomic mass is 16.5. The molecule has 1 atom stereocenters. The average molecular weight is 383 g/mol. The maximum atomic E-state index is 5.74. The van der Waals surface area contributed by atoms with Crippen LogP contribution in [0.4, 0.5) is 0 Å². The zero-order valence-electron chi connectivity index (χ0n) is 16.9. The second kappa shape index (κ2) is 7.36. The normalized spacial score (nSPS) is 16.2. The van der Waals surface area contributed by atoms with Gasteiger partial charge in [-0.1, -0.05) is 36.4 Å². The summed E-state index contributed by atoms with van der Waals surface area (Å²) in [7, 11) is 0. The van der Waals surface area contributed by atoms with Crippen LogP contribution in [0.25, 0.3) is 16.8 Å². The van der Waals surface area contributed by atoms with Crippen LogP contribution < -0.4 is 4.74 Å². The molecule has 0 bridgehead atoms. The molecule has 146 valence electrons. The Kier molecular flexibility index (Phi) is 4.55. The van der Waals surface area contributed by atoms with E-state index < -0.39 is 0 Å². The molecule has 0 radical (unpaired) electrons.